The topological polar surface area (TPSA) is 28.5 Å². The Morgan fingerprint density at radius 1 is 0.909 bits per heavy atom. The number of amidine groups is 1. The summed E-state index contributed by atoms with van der Waals surface area (Å²) in [6, 6.07) is 14.4. The summed E-state index contributed by atoms with van der Waals surface area (Å²) in [5, 5.41) is 1.97. The highest BCUT2D eigenvalue weighted by Crippen LogP contribution is 2.29. The maximum atomic E-state index is 4.53. The number of hydrogen-bond acceptors (Lipinski definition) is 4. The van der Waals surface area contributed by atoms with Crippen LogP contribution in [-0.2, 0) is 0 Å². The number of aromatic nitrogens is 1. The largest absolute Gasteiger partial charge is 0.307 e. The van der Waals surface area contributed by atoms with Crippen molar-refractivity contribution in [3.63, 3.8) is 0 Å². The van der Waals surface area contributed by atoms with Crippen LogP contribution in [-0.4, -0.2) is 15.7 Å². The molecule has 0 saturated carbocycles. The molecule has 0 fully saturated rings. The number of rotatable bonds is 2. The lowest BCUT2D eigenvalue weighted by Gasteiger charge is -2.25. The SMILES string of the molecule is C1=CN2C=CSN=C2C(c2ccc(-c3ccccn3)cc2)=C1. The van der Waals surface area contributed by atoms with Crippen LogP contribution >= 0.6 is 11.9 Å². The van der Waals surface area contributed by atoms with Crippen LogP contribution in [0.25, 0.3) is 16.8 Å². The van der Waals surface area contributed by atoms with Crippen LogP contribution < -0.4 is 0 Å². The van der Waals surface area contributed by atoms with Crippen molar-refractivity contribution in [2.75, 3.05) is 0 Å². The van der Waals surface area contributed by atoms with Crippen LogP contribution in [0.5, 0.6) is 0 Å². The summed E-state index contributed by atoms with van der Waals surface area (Å²) in [5.74, 6) is 0.973. The zero-order valence-electron chi connectivity index (χ0n) is 11.8. The molecule has 2 aromatic rings. The molecule has 0 amide bonds. The highest BCUT2D eigenvalue weighted by Gasteiger charge is 2.18. The number of benzene rings is 1. The van der Waals surface area contributed by atoms with E-state index >= 15 is 0 Å². The van der Waals surface area contributed by atoms with Crippen molar-refractivity contribution in [2.24, 2.45) is 4.40 Å². The monoisotopic (exact) mass is 303 g/mol. The second-order valence-electron chi connectivity index (χ2n) is 4.93. The van der Waals surface area contributed by atoms with Gasteiger partial charge in [-0.15, -0.1) is 0 Å². The van der Waals surface area contributed by atoms with Crippen LogP contribution in [0.1, 0.15) is 5.56 Å². The lowest BCUT2D eigenvalue weighted by Crippen LogP contribution is -2.24. The summed E-state index contributed by atoms with van der Waals surface area (Å²) in [4.78, 5) is 6.43. The van der Waals surface area contributed by atoms with Crippen LogP contribution in [0.4, 0.5) is 0 Å². The second kappa shape index (κ2) is 5.66. The lowest BCUT2D eigenvalue weighted by atomic mass is 10.00. The van der Waals surface area contributed by atoms with Gasteiger partial charge in [-0.1, -0.05) is 30.3 Å². The minimum Gasteiger partial charge on any atom is -0.307 e. The van der Waals surface area contributed by atoms with E-state index in [1.54, 1.807) is 0 Å². The molecule has 2 aliphatic rings. The van der Waals surface area contributed by atoms with Gasteiger partial charge in [0.05, 0.1) is 5.69 Å². The van der Waals surface area contributed by atoms with Crippen molar-refractivity contribution in [3.05, 3.63) is 84.2 Å². The number of hydrogen-bond donors (Lipinski definition) is 0. The van der Waals surface area contributed by atoms with Crippen molar-refractivity contribution in [2.45, 2.75) is 0 Å². The Morgan fingerprint density at radius 3 is 2.59 bits per heavy atom. The Balaban J connectivity index is 1.68. The molecule has 0 saturated heterocycles. The van der Waals surface area contributed by atoms with Crippen LogP contribution in [0, 0.1) is 0 Å². The third kappa shape index (κ3) is 2.38. The molecule has 0 bridgehead atoms. The standard InChI is InChI=1S/C18H13N3S/c1-2-10-19-17(5-1)15-8-6-14(7-9-15)16-4-3-11-21-12-13-22-20-18(16)21/h1-13H. The Hall–Kier alpha value is -2.59. The molecule has 0 unspecified atom stereocenters. The average molecular weight is 303 g/mol. The van der Waals surface area contributed by atoms with Crippen molar-refractivity contribution in [3.8, 4) is 11.3 Å². The second-order valence-corrected chi connectivity index (χ2v) is 5.59. The molecular weight excluding hydrogens is 290 g/mol. The summed E-state index contributed by atoms with van der Waals surface area (Å²) in [6.07, 6.45) is 10.0. The zero-order chi connectivity index (χ0) is 14.8. The fraction of sp³-hybridized carbons (Fsp3) is 0. The summed E-state index contributed by atoms with van der Waals surface area (Å²) >= 11 is 1.46. The molecule has 0 aliphatic carbocycles. The van der Waals surface area contributed by atoms with E-state index in [9.17, 15) is 0 Å². The highest BCUT2D eigenvalue weighted by atomic mass is 32.2. The first-order chi connectivity index (χ1) is 10.9. The van der Waals surface area contributed by atoms with Gasteiger partial charge in [0.25, 0.3) is 0 Å². The van der Waals surface area contributed by atoms with Crippen LogP contribution in [0.2, 0.25) is 0 Å². The van der Waals surface area contributed by atoms with Gasteiger partial charge in [-0.05, 0) is 29.8 Å². The first-order valence-electron chi connectivity index (χ1n) is 7.01. The van der Waals surface area contributed by atoms with E-state index in [1.165, 1.54) is 11.9 Å². The van der Waals surface area contributed by atoms with Crippen molar-refractivity contribution in [1.29, 1.82) is 0 Å². The van der Waals surface area contributed by atoms with Gasteiger partial charge in [0.1, 0.15) is 0 Å². The molecule has 0 N–H and O–H groups in total. The van der Waals surface area contributed by atoms with Crippen LogP contribution in [0.3, 0.4) is 0 Å². The number of allylic oxidation sites excluding steroid dienone is 2. The summed E-state index contributed by atoms with van der Waals surface area (Å²) in [6.45, 7) is 0. The third-order valence-corrected chi connectivity index (χ3v) is 4.09. The van der Waals surface area contributed by atoms with Gasteiger partial charge in [0.15, 0.2) is 5.84 Å². The molecule has 3 nitrogen and oxygen atoms in total. The molecule has 0 spiro atoms. The Bertz CT molecular complexity index is 802. The molecule has 0 atom stereocenters. The molecule has 4 rings (SSSR count). The summed E-state index contributed by atoms with van der Waals surface area (Å²) in [5.41, 5.74) is 4.39. The van der Waals surface area contributed by atoms with Crippen molar-refractivity contribution in [1.82, 2.24) is 9.88 Å². The smallest absolute Gasteiger partial charge is 0.152 e. The van der Waals surface area contributed by atoms with Crippen molar-refractivity contribution >= 4 is 23.4 Å². The van der Waals surface area contributed by atoms with E-state index in [1.807, 2.05) is 53.2 Å². The minimum absolute atomic E-state index is 0.973. The first-order valence-corrected chi connectivity index (χ1v) is 7.85. The first kappa shape index (κ1) is 13.1. The van der Waals surface area contributed by atoms with Crippen LogP contribution in [0.15, 0.2) is 83.0 Å². The zero-order valence-corrected chi connectivity index (χ0v) is 12.6. The van der Waals surface area contributed by atoms with Gasteiger partial charge >= 0.3 is 0 Å². The Kier molecular flexibility index (Phi) is 3.37. The molecule has 3 heterocycles. The molecule has 1 aromatic carbocycles. The molecule has 106 valence electrons. The predicted octanol–water partition coefficient (Wildman–Crippen LogP) is 4.49. The average Bonchev–Trinajstić information content (AvgIpc) is 2.62. The van der Waals surface area contributed by atoms with Gasteiger partial charge in [0.2, 0.25) is 0 Å². The Labute approximate surface area is 133 Å². The maximum absolute atomic E-state index is 4.53. The van der Waals surface area contributed by atoms with Crippen molar-refractivity contribution < 1.29 is 0 Å². The van der Waals surface area contributed by atoms with E-state index in [0.717, 1.165) is 28.2 Å². The fourth-order valence-corrected chi connectivity index (χ4v) is 3.02. The molecule has 4 heteroatoms. The third-order valence-electron chi connectivity index (χ3n) is 3.57. The lowest BCUT2D eigenvalue weighted by molar-refractivity contribution is 0.764. The summed E-state index contributed by atoms with van der Waals surface area (Å²) < 4.78 is 4.53. The van der Waals surface area contributed by atoms with Gasteiger partial charge in [-0.2, -0.15) is 4.40 Å². The van der Waals surface area contributed by atoms with E-state index in [0.29, 0.717) is 0 Å². The normalized spacial score (nSPS) is 16.1. The van der Waals surface area contributed by atoms with E-state index in [-0.39, 0.29) is 0 Å². The quantitative estimate of drug-likeness (QED) is 0.765. The molecule has 0 radical (unpaired) electrons. The molecule has 22 heavy (non-hydrogen) atoms. The van der Waals surface area contributed by atoms with Gasteiger partial charge in [0, 0.05) is 47.1 Å². The number of fused-ring (bicyclic) bond motifs is 1. The van der Waals surface area contributed by atoms with E-state index in [4.69, 9.17) is 0 Å². The minimum atomic E-state index is 0.973. The number of pyridine rings is 1. The molecule has 1 aromatic heterocycles. The van der Waals surface area contributed by atoms with E-state index < -0.39 is 0 Å². The van der Waals surface area contributed by atoms with E-state index in [2.05, 4.69) is 39.7 Å². The molecule has 2 aliphatic heterocycles. The van der Waals surface area contributed by atoms with Gasteiger partial charge in [-0.25, -0.2) is 0 Å². The maximum Gasteiger partial charge on any atom is 0.152 e. The Morgan fingerprint density at radius 2 is 1.77 bits per heavy atom. The van der Waals surface area contributed by atoms with Gasteiger partial charge in [-0.3, -0.25) is 4.98 Å². The molecular formula is C18H13N3S. The predicted molar refractivity (Wildman–Crippen MR) is 92.8 cm³/mol. The number of nitrogens with zero attached hydrogens (tertiary/aromatic N) is 3. The van der Waals surface area contributed by atoms with Gasteiger partial charge < -0.3 is 4.90 Å². The fourth-order valence-electron chi connectivity index (χ4n) is 2.49. The summed E-state index contributed by atoms with van der Waals surface area (Å²) in [7, 11) is 0. The highest BCUT2D eigenvalue weighted by molar-refractivity contribution is 8.01.